The minimum Gasteiger partial charge on any atom is -0.314 e. The van der Waals surface area contributed by atoms with Gasteiger partial charge in [-0.15, -0.1) is 0 Å². The molecule has 1 fully saturated rings. The molecule has 2 aromatic rings. The molecule has 1 unspecified atom stereocenters. The van der Waals surface area contributed by atoms with Crippen molar-refractivity contribution in [3.63, 3.8) is 0 Å². The molecule has 4 rings (SSSR count). The van der Waals surface area contributed by atoms with Crippen LogP contribution in [-0.4, -0.2) is 69.5 Å². The Balaban J connectivity index is 0.000000308. The Kier molecular flexibility index (Phi) is 9.98. The van der Waals surface area contributed by atoms with E-state index in [0.717, 1.165) is 37.6 Å². The number of hydrogen-bond acceptors (Lipinski definition) is 7. The summed E-state index contributed by atoms with van der Waals surface area (Å²) in [6.45, 7) is 4.34. The molecule has 12 heteroatoms. The molecule has 0 aromatic heterocycles. The van der Waals surface area contributed by atoms with Gasteiger partial charge in [-0.2, -0.15) is 16.8 Å². The summed E-state index contributed by atoms with van der Waals surface area (Å²) in [5, 5.41) is 4.33. The van der Waals surface area contributed by atoms with Crippen LogP contribution >= 0.6 is 23.4 Å². The molecule has 0 bridgehead atoms. The van der Waals surface area contributed by atoms with Crippen molar-refractivity contribution in [1.29, 1.82) is 0 Å². The van der Waals surface area contributed by atoms with Crippen LogP contribution in [0.5, 0.6) is 0 Å². The molecule has 0 spiro atoms. The van der Waals surface area contributed by atoms with Crippen LogP contribution in [0.25, 0.3) is 0 Å². The number of hydrogen-bond donors (Lipinski definition) is 3. The molecule has 0 saturated carbocycles. The summed E-state index contributed by atoms with van der Waals surface area (Å²) in [6, 6.07) is 15.5. The first-order chi connectivity index (χ1) is 14.8. The first-order valence-corrected chi connectivity index (χ1v) is 14.6. The summed E-state index contributed by atoms with van der Waals surface area (Å²) in [6.07, 6.45) is 2.50. The Bertz CT molecular complexity index is 1070. The summed E-state index contributed by atoms with van der Waals surface area (Å²) < 4.78 is 51.7. The lowest BCUT2D eigenvalue weighted by molar-refractivity contribution is 0.170. The molecule has 2 aliphatic heterocycles. The van der Waals surface area contributed by atoms with E-state index in [9.17, 15) is 16.8 Å². The molecule has 2 heterocycles. The van der Waals surface area contributed by atoms with E-state index in [0.29, 0.717) is 18.6 Å². The number of rotatable bonds is 1. The smallest absolute Gasteiger partial charge is 0.261 e. The molecule has 32 heavy (non-hydrogen) atoms. The van der Waals surface area contributed by atoms with Gasteiger partial charge in [0.1, 0.15) is 0 Å². The third-order valence-corrected chi connectivity index (χ3v) is 6.25. The average Bonchev–Trinajstić information content (AvgIpc) is 2.84. The van der Waals surface area contributed by atoms with Crippen LogP contribution in [0, 0.1) is 0 Å². The number of nitrogens with one attached hydrogen (secondary N) is 1. The number of halogens is 1. The molecule has 0 aliphatic carbocycles. The summed E-state index contributed by atoms with van der Waals surface area (Å²) in [4.78, 5) is 5.18. The summed E-state index contributed by atoms with van der Waals surface area (Å²) in [7, 11) is -7.33. The largest absolute Gasteiger partial charge is 0.314 e. The van der Waals surface area contributed by atoms with Crippen molar-refractivity contribution in [2.24, 2.45) is 0 Å². The second-order valence-corrected chi connectivity index (χ2v) is 11.7. The second-order valence-electron chi connectivity index (χ2n) is 7.34. The van der Waals surface area contributed by atoms with Gasteiger partial charge < -0.3 is 5.32 Å². The number of benzene rings is 2. The zero-order valence-corrected chi connectivity index (χ0v) is 20.9. The van der Waals surface area contributed by atoms with Gasteiger partial charge in [-0.3, -0.25) is 14.0 Å². The molecule has 178 valence electrons. The van der Waals surface area contributed by atoms with Crippen molar-refractivity contribution < 1.29 is 25.9 Å². The quantitative estimate of drug-likeness (QED) is 0.485. The van der Waals surface area contributed by atoms with Gasteiger partial charge in [-0.1, -0.05) is 53.7 Å². The Morgan fingerprint density at radius 1 is 0.969 bits per heavy atom. The predicted octanol–water partition coefficient (Wildman–Crippen LogP) is 3.00. The molecule has 1 saturated heterocycles. The van der Waals surface area contributed by atoms with Gasteiger partial charge in [-0.25, -0.2) is 0 Å². The highest BCUT2D eigenvalue weighted by Gasteiger charge is 2.29. The molecule has 2 aromatic carbocycles. The predicted molar refractivity (Wildman–Crippen MR) is 128 cm³/mol. The normalized spacial score (nSPS) is 18.6. The Labute approximate surface area is 198 Å². The summed E-state index contributed by atoms with van der Waals surface area (Å²) in [5.41, 5.74) is 2.82. The van der Waals surface area contributed by atoms with Crippen molar-refractivity contribution in [2.75, 3.05) is 38.7 Å². The van der Waals surface area contributed by atoms with E-state index < -0.39 is 20.2 Å². The molecule has 0 radical (unpaired) electrons. The van der Waals surface area contributed by atoms with Crippen molar-refractivity contribution in [3.8, 4) is 0 Å². The number of piperazine rings is 1. The van der Waals surface area contributed by atoms with Crippen molar-refractivity contribution >= 4 is 43.6 Å². The van der Waals surface area contributed by atoms with Gasteiger partial charge in [-0.05, 0) is 29.7 Å². The second kappa shape index (κ2) is 11.8. The Morgan fingerprint density at radius 3 is 2.12 bits per heavy atom. The van der Waals surface area contributed by atoms with Crippen LogP contribution in [0.3, 0.4) is 0 Å². The molecule has 8 nitrogen and oxygen atoms in total. The SMILES string of the molecule is CS(=O)(=O)O.CS(=O)(=O)O.Clc1cccc2c1Sc1ccccc1CC2N1CCNCC1. The Hall–Kier alpha value is -1.18. The fraction of sp³-hybridized carbons (Fsp3) is 0.400. The van der Waals surface area contributed by atoms with Crippen molar-refractivity contribution in [1.82, 2.24) is 10.2 Å². The Morgan fingerprint density at radius 2 is 1.53 bits per heavy atom. The molecular weight excluding hydrogens is 496 g/mol. The van der Waals surface area contributed by atoms with E-state index in [4.69, 9.17) is 20.7 Å². The van der Waals surface area contributed by atoms with Gasteiger partial charge in [0.05, 0.1) is 17.5 Å². The lowest BCUT2D eigenvalue weighted by Crippen LogP contribution is -2.45. The van der Waals surface area contributed by atoms with Crippen molar-refractivity contribution in [3.05, 3.63) is 58.6 Å². The van der Waals surface area contributed by atoms with E-state index in [2.05, 4.69) is 46.6 Å². The standard InChI is InChI=1S/C18H19ClN2S.2CH4O3S/c19-15-6-3-5-14-16(21-10-8-20-9-11-21)12-13-4-1-2-7-17(13)22-18(14)15;2*1-5(2,3)4/h1-7,16,20H,8-12H2;2*1H3,(H,2,3,4). The molecule has 2 aliphatic rings. The number of nitrogens with zero attached hydrogens (tertiary/aromatic N) is 1. The fourth-order valence-corrected chi connectivity index (χ4v) is 4.85. The van der Waals surface area contributed by atoms with Crippen molar-refractivity contribution in [2.45, 2.75) is 22.3 Å². The first-order valence-electron chi connectivity index (χ1n) is 9.67. The molecule has 1 atom stereocenters. The highest BCUT2D eigenvalue weighted by atomic mass is 35.5. The van der Waals surface area contributed by atoms with Crippen LogP contribution in [0.15, 0.2) is 52.3 Å². The van der Waals surface area contributed by atoms with Gasteiger partial charge in [0, 0.05) is 42.0 Å². The summed E-state index contributed by atoms with van der Waals surface area (Å²) >= 11 is 8.36. The van der Waals surface area contributed by atoms with E-state index in [1.54, 1.807) is 0 Å². The minimum atomic E-state index is -3.67. The van der Waals surface area contributed by atoms with E-state index in [1.165, 1.54) is 20.9 Å². The maximum absolute atomic E-state index is 9.19. The maximum Gasteiger partial charge on any atom is 0.261 e. The third-order valence-electron chi connectivity index (χ3n) is 4.55. The lowest BCUT2D eigenvalue weighted by Gasteiger charge is -2.35. The minimum absolute atomic E-state index is 0.423. The molecule has 3 N–H and O–H groups in total. The third kappa shape index (κ3) is 9.75. The van der Waals surface area contributed by atoms with E-state index in [1.807, 2.05) is 17.8 Å². The topological polar surface area (TPSA) is 124 Å². The molecular formula is C20H27ClN2O6S3. The van der Waals surface area contributed by atoms with E-state index >= 15 is 0 Å². The maximum atomic E-state index is 9.19. The van der Waals surface area contributed by atoms with Gasteiger partial charge in [0.15, 0.2) is 0 Å². The zero-order valence-electron chi connectivity index (χ0n) is 17.7. The highest BCUT2D eigenvalue weighted by molar-refractivity contribution is 7.99. The van der Waals surface area contributed by atoms with Gasteiger partial charge in [0.25, 0.3) is 20.2 Å². The monoisotopic (exact) mass is 522 g/mol. The van der Waals surface area contributed by atoms with E-state index in [-0.39, 0.29) is 0 Å². The number of fused-ring (bicyclic) bond motifs is 2. The highest BCUT2D eigenvalue weighted by Crippen LogP contribution is 2.45. The lowest BCUT2D eigenvalue weighted by atomic mass is 9.97. The first kappa shape index (κ1) is 27.1. The molecule has 0 amide bonds. The van der Waals surface area contributed by atoms with Crippen LogP contribution in [-0.2, 0) is 26.7 Å². The summed E-state index contributed by atoms with van der Waals surface area (Å²) in [5.74, 6) is 0. The van der Waals surface area contributed by atoms with Crippen LogP contribution < -0.4 is 5.32 Å². The van der Waals surface area contributed by atoms with Crippen LogP contribution in [0.4, 0.5) is 0 Å². The van der Waals surface area contributed by atoms with Gasteiger partial charge >= 0.3 is 0 Å². The van der Waals surface area contributed by atoms with Gasteiger partial charge in [0.2, 0.25) is 0 Å². The van der Waals surface area contributed by atoms with Crippen LogP contribution in [0.2, 0.25) is 5.02 Å². The van der Waals surface area contributed by atoms with Crippen LogP contribution in [0.1, 0.15) is 17.2 Å². The average molecular weight is 523 g/mol. The zero-order chi connectivity index (χ0) is 23.9. The fourth-order valence-electron chi connectivity index (χ4n) is 3.42.